The summed E-state index contributed by atoms with van der Waals surface area (Å²) in [4.78, 5) is 20.2. The minimum atomic E-state index is -0.132. The Morgan fingerprint density at radius 2 is 1.93 bits per heavy atom. The number of nitrogens with one attached hydrogen (secondary N) is 1. The summed E-state index contributed by atoms with van der Waals surface area (Å²) in [5.41, 5.74) is 3.19. The quantitative estimate of drug-likeness (QED) is 0.708. The Morgan fingerprint density at radius 1 is 1.25 bits per heavy atom. The molecule has 0 atom stereocenters. The van der Waals surface area contributed by atoms with Crippen LogP contribution in [0.25, 0.3) is 0 Å². The van der Waals surface area contributed by atoms with E-state index in [2.05, 4.69) is 46.4 Å². The van der Waals surface area contributed by atoms with Gasteiger partial charge in [-0.2, -0.15) is 0 Å². The van der Waals surface area contributed by atoms with Gasteiger partial charge in [-0.15, -0.1) is 11.3 Å². The molecular weight excluding hydrogens is 370 g/mol. The predicted octanol–water partition coefficient (Wildman–Crippen LogP) is 3.68. The van der Waals surface area contributed by atoms with E-state index in [9.17, 15) is 9.90 Å². The van der Waals surface area contributed by atoms with E-state index >= 15 is 0 Å². The predicted molar refractivity (Wildman–Crippen MR) is 114 cm³/mol. The third-order valence-electron chi connectivity index (χ3n) is 5.23. The molecule has 6 heteroatoms. The highest BCUT2D eigenvalue weighted by Crippen LogP contribution is 2.20. The summed E-state index contributed by atoms with van der Waals surface area (Å²) < 4.78 is 0. The maximum Gasteiger partial charge on any atom is 0.263 e. The average Bonchev–Trinajstić information content (AvgIpc) is 3.08. The van der Waals surface area contributed by atoms with Crippen LogP contribution >= 0.6 is 11.3 Å². The zero-order chi connectivity index (χ0) is 19.9. The summed E-state index contributed by atoms with van der Waals surface area (Å²) in [6.45, 7) is 7.42. The van der Waals surface area contributed by atoms with Crippen molar-refractivity contribution in [3.63, 3.8) is 0 Å². The van der Waals surface area contributed by atoms with Gasteiger partial charge in [-0.1, -0.05) is 37.6 Å². The highest BCUT2D eigenvalue weighted by atomic mass is 32.1. The fourth-order valence-corrected chi connectivity index (χ4v) is 4.48. The first kappa shape index (κ1) is 21.0. The van der Waals surface area contributed by atoms with E-state index < -0.39 is 0 Å². The summed E-state index contributed by atoms with van der Waals surface area (Å²) in [5.74, 6) is -0.0336. The number of aromatic nitrogens is 1. The second-order valence-electron chi connectivity index (χ2n) is 7.63. The molecule has 1 fully saturated rings. The number of carbonyl (C=O) groups excluding carboxylic acids is 1. The van der Waals surface area contributed by atoms with Crippen LogP contribution < -0.4 is 5.32 Å². The van der Waals surface area contributed by atoms with Gasteiger partial charge in [0.25, 0.3) is 5.91 Å². The van der Waals surface area contributed by atoms with E-state index in [1.807, 2.05) is 6.92 Å². The number of aliphatic hydroxyl groups excluding tert-OH is 1. The monoisotopic (exact) mass is 401 g/mol. The highest BCUT2D eigenvalue weighted by Gasteiger charge is 2.17. The molecule has 1 saturated heterocycles. The van der Waals surface area contributed by atoms with Crippen molar-refractivity contribution in [3.8, 4) is 0 Å². The number of likely N-dealkylation sites (tertiary alicyclic amines) is 1. The third-order valence-corrected chi connectivity index (χ3v) is 6.45. The first-order valence-electron chi connectivity index (χ1n) is 10.3. The lowest BCUT2D eigenvalue weighted by Crippen LogP contribution is -2.35. The summed E-state index contributed by atoms with van der Waals surface area (Å²) >= 11 is 1.52. The number of thiazole rings is 1. The summed E-state index contributed by atoms with van der Waals surface area (Å²) in [6, 6.07) is 8.43. The number of rotatable bonds is 8. The molecule has 28 heavy (non-hydrogen) atoms. The highest BCUT2D eigenvalue weighted by molar-refractivity contribution is 7.13. The molecule has 152 valence electrons. The fourth-order valence-electron chi connectivity index (χ4n) is 3.46. The Hall–Kier alpha value is -1.76. The topological polar surface area (TPSA) is 65.5 Å². The van der Waals surface area contributed by atoms with Crippen molar-refractivity contribution < 1.29 is 9.90 Å². The minimum Gasteiger partial charge on any atom is -0.393 e. The number of benzene rings is 1. The third kappa shape index (κ3) is 5.87. The molecule has 3 rings (SSSR count). The number of nitrogens with zero attached hydrogens (tertiary/aromatic N) is 2. The van der Waals surface area contributed by atoms with Crippen LogP contribution in [0.2, 0.25) is 0 Å². The normalized spacial score (nSPS) is 15.7. The molecular formula is C22H31N3O2S. The van der Waals surface area contributed by atoms with Gasteiger partial charge >= 0.3 is 0 Å². The lowest BCUT2D eigenvalue weighted by Gasteiger charge is -2.29. The van der Waals surface area contributed by atoms with Crippen molar-refractivity contribution in [2.75, 3.05) is 13.1 Å². The molecule has 0 aliphatic carbocycles. The molecule has 1 amide bonds. The Morgan fingerprint density at radius 3 is 2.61 bits per heavy atom. The molecule has 1 aromatic carbocycles. The Bertz CT molecular complexity index is 765. The lowest BCUT2D eigenvalue weighted by atomic mass is 10.1. The molecule has 0 spiro atoms. The van der Waals surface area contributed by atoms with Crippen LogP contribution in [0, 0.1) is 6.92 Å². The van der Waals surface area contributed by atoms with Crippen molar-refractivity contribution in [3.05, 3.63) is 51.0 Å². The molecule has 0 saturated carbocycles. The van der Waals surface area contributed by atoms with Crippen molar-refractivity contribution in [1.29, 1.82) is 0 Å². The van der Waals surface area contributed by atoms with Crippen LogP contribution in [0.5, 0.6) is 0 Å². The second-order valence-corrected chi connectivity index (χ2v) is 8.72. The summed E-state index contributed by atoms with van der Waals surface area (Å²) in [5, 5.41) is 13.7. The van der Waals surface area contributed by atoms with Crippen LogP contribution in [0.1, 0.15) is 64.1 Å². The molecule has 5 nitrogen and oxygen atoms in total. The Balaban J connectivity index is 1.49. The smallest absolute Gasteiger partial charge is 0.263 e. The number of carbonyl (C=O) groups is 1. The number of aliphatic hydroxyl groups is 1. The fraction of sp³-hybridized carbons (Fsp3) is 0.545. The standard InChI is InChI=1S/C22H31N3O2S/c1-3-4-5-20-24-16(2)21(28-20)22(27)23-14-17-6-8-18(9-7-17)15-25-12-10-19(26)11-13-25/h6-9,19,26H,3-5,10-15H2,1-2H3,(H,23,27). The maximum atomic E-state index is 12.5. The molecule has 1 aliphatic rings. The number of hydrogen-bond acceptors (Lipinski definition) is 5. The lowest BCUT2D eigenvalue weighted by molar-refractivity contribution is 0.0792. The molecule has 0 radical (unpaired) electrons. The average molecular weight is 402 g/mol. The molecule has 0 unspecified atom stereocenters. The van der Waals surface area contributed by atoms with Crippen molar-refractivity contribution in [2.45, 2.75) is 65.1 Å². The van der Waals surface area contributed by atoms with E-state index in [4.69, 9.17) is 0 Å². The SMILES string of the molecule is CCCCc1nc(C)c(C(=O)NCc2ccc(CN3CCC(O)CC3)cc2)s1. The van der Waals surface area contributed by atoms with Gasteiger partial charge in [0.1, 0.15) is 4.88 Å². The van der Waals surface area contributed by atoms with E-state index in [-0.39, 0.29) is 12.0 Å². The first-order valence-corrected chi connectivity index (χ1v) is 11.1. The molecule has 1 aromatic heterocycles. The number of piperidine rings is 1. The summed E-state index contributed by atoms with van der Waals surface area (Å²) in [6.07, 6.45) is 4.79. The van der Waals surface area contributed by atoms with Crippen LogP contribution in [0.3, 0.4) is 0 Å². The van der Waals surface area contributed by atoms with Crippen LogP contribution in [-0.2, 0) is 19.5 Å². The van der Waals surface area contributed by atoms with Crippen LogP contribution in [0.4, 0.5) is 0 Å². The number of aryl methyl sites for hydroxylation is 2. The van der Waals surface area contributed by atoms with E-state index in [1.54, 1.807) is 0 Å². The molecule has 2 heterocycles. The van der Waals surface area contributed by atoms with Gasteiger partial charge in [0.05, 0.1) is 16.8 Å². The van der Waals surface area contributed by atoms with Crippen molar-refractivity contribution in [1.82, 2.24) is 15.2 Å². The minimum absolute atomic E-state index is 0.0336. The Labute approximate surface area is 171 Å². The van der Waals surface area contributed by atoms with Gasteiger partial charge in [0.15, 0.2) is 0 Å². The maximum absolute atomic E-state index is 12.5. The second kappa shape index (κ2) is 10.1. The zero-order valence-corrected chi connectivity index (χ0v) is 17.7. The zero-order valence-electron chi connectivity index (χ0n) is 16.9. The van der Waals surface area contributed by atoms with Gasteiger partial charge in [0, 0.05) is 26.2 Å². The van der Waals surface area contributed by atoms with Crippen molar-refractivity contribution >= 4 is 17.2 Å². The van der Waals surface area contributed by atoms with E-state index in [1.165, 1.54) is 16.9 Å². The van der Waals surface area contributed by atoms with Gasteiger partial charge in [0.2, 0.25) is 0 Å². The van der Waals surface area contributed by atoms with E-state index in [0.717, 1.165) is 72.9 Å². The van der Waals surface area contributed by atoms with Gasteiger partial charge < -0.3 is 10.4 Å². The van der Waals surface area contributed by atoms with Gasteiger partial charge in [-0.25, -0.2) is 4.98 Å². The molecule has 0 bridgehead atoms. The summed E-state index contributed by atoms with van der Waals surface area (Å²) in [7, 11) is 0. The van der Waals surface area contributed by atoms with Crippen molar-refractivity contribution in [2.24, 2.45) is 0 Å². The number of amides is 1. The molecule has 2 N–H and O–H groups in total. The molecule has 1 aliphatic heterocycles. The first-order chi connectivity index (χ1) is 13.5. The molecule has 2 aromatic rings. The number of unbranched alkanes of at least 4 members (excludes halogenated alkanes) is 1. The Kier molecular flexibility index (Phi) is 7.59. The van der Waals surface area contributed by atoms with Crippen LogP contribution in [-0.4, -0.2) is 40.1 Å². The number of hydrogen-bond donors (Lipinski definition) is 2. The van der Waals surface area contributed by atoms with Gasteiger partial charge in [-0.3, -0.25) is 9.69 Å². The largest absolute Gasteiger partial charge is 0.393 e. The van der Waals surface area contributed by atoms with Gasteiger partial charge in [-0.05, 0) is 43.7 Å². The van der Waals surface area contributed by atoms with E-state index in [0.29, 0.717) is 6.54 Å². The van der Waals surface area contributed by atoms with Crippen LogP contribution in [0.15, 0.2) is 24.3 Å².